The number of hydrogen-bond acceptors (Lipinski definition) is 6. The minimum atomic E-state index is -1.45. The van der Waals surface area contributed by atoms with Gasteiger partial charge in [0.05, 0.1) is 12.2 Å². The van der Waals surface area contributed by atoms with Crippen LogP contribution in [0.5, 0.6) is 0 Å². The number of carbonyl (C=O) groups is 3. The van der Waals surface area contributed by atoms with Crippen LogP contribution in [0.1, 0.15) is 26.3 Å². The lowest BCUT2D eigenvalue weighted by Crippen LogP contribution is -2.43. The summed E-state index contributed by atoms with van der Waals surface area (Å²) in [6.45, 7) is 3.86. The largest absolute Gasteiger partial charge is 0.481 e. The molecule has 21 heavy (non-hydrogen) atoms. The van der Waals surface area contributed by atoms with Gasteiger partial charge >= 0.3 is 11.9 Å². The Morgan fingerprint density at radius 2 is 2.05 bits per heavy atom. The highest BCUT2D eigenvalue weighted by Crippen LogP contribution is 2.18. The molecule has 1 atom stereocenters. The van der Waals surface area contributed by atoms with Gasteiger partial charge in [0, 0.05) is 6.04 Å². The second kappa shape index (κ2) is 7.62. The third-order valence-corrected chi connectivity index (χ3v) is 3.40. The van der Waals surface area contributed by atoms with Crippen molar-refractivity contribution < 1.29 is 24.6 Å². The number of carboxylic acids is 2. The van der Waals surface area contributed by atoms with Crippen molar-refractivity contribution in [3.05, 3.63) is 6.33 Å². The molecule has 1 rings (SSSR count). The molecule has 10 heteroatoms. The zero-order chi connectivity index (χ0) is 16.0. The summed E-state index contributed by atoms with van der Waals surface area (Å²) in [5, 5.41) is 27.7. The number of aliphatic carboxylic acids is 2. The molecule has 0 bridgehead atoms. The fourth-order valence-corrected chi connectivity index (χ4v) is 2.29. The summed E-state index contributed by atoms with van der Waals surface area (Å²) in [6.07, 6.45) is 0.864. The molecule has 0 aliphatic rings. The van der Waals surface area contributed by atoms with E-state index >= 15 is 0 Å². The molecule has 0 aliphatic carbocycles. The van der Waals surface area contributed by atoms with Crippen LogP contribution in [0, 0.1) is 0 Å². The first-order valence-corrected chi connectivity index (χ1v) is 7.06. The Labute approximate surface area is 124 Å². The van der Waals surface area contributed by atoms with Crippen LogP contribution in [-0.2, 0) is 14.4 Å². The predicted octanol–water partition coefficient (Wildman–Crippen LogP) is -0.00480. The summed E-state index contributed by atoms with van der Waals surface area (Å²) in [7, 11) is 0. The van der Waals surface area contributed by atoms with Crippen molar-refractivity contribution >= 4 is 29.6 Å². The molecular formula is C11H16N4O5S. The maximum absolute atomic E-state index is 11.7. The number of aromatic nitrogens is 3. The first kappa shape index (κ1) is 17.0. The van der Waals surface area contributed by atoms with Gasteiger partial charge < -0.3 is 20.1 Å². The third-order valence-electron chi connectivity index (χ3n) is 2.44. The summed E-state index contributed by atoms with van der Waals surface area (Å²) < 4.78 is 1.77. The van der Waals surface area contributed by atoms with Crippen LogP contribution < -0.4 is 5.32 Å². The Bertz CT molecular complexity index is 530. The van der Waals surface area contributed by atoms with Gasteiger partial charge in [0.2, 0.25) is 5.91 Å². The molecule has 9 nitrogen and oxygen atoms in total. The summed E-state index contributed by atoms with van der Waals surface area (Å²) >= 11 is 1.10. The van der Waals surface area contributed by atoms with Crippen molar-refractivity contribution in [3.63, 3.8) is 0 Å². The van der Waals surface area contributed by atoms with Crippen LogP contribution >= 0.6 is 11.8 Å². The van der Waals surface area contributed by atoms with Crippen molar-refractivity contribution in [2.75, 3.05) is 5.75 Å². The Hall–Kier alpha value is -2.10. The number of nitrogens with one attached hydrogen (secondary N) is 1. The molecule has 0 aromatic carbocycles. The summed E-state index contributed by atoms with van der Waals surface area (Å²) in [6, 6.07) is -1.32. The highest BCUT2D eigenvalue weighted by atomic mass is 32.2. The normalized spacial score (nSPS) is 12.1. The maximum atomic E-state index is 11.7. The Morgan fingerprint density at radius 1 is 1.38 bits per heavy atom. The molecular weight excluding hydrogens is 300 g/mol. The van der Waals surface area contributed by atoms with Gasteiger partial charge in [0.15, 0.2) is 5.16 Å². The second-order valence-corrected chi connectivity index (χ2v) is 5.40. The topological polar surface area (TPSA) is 134 Å². The summed E-state index contributed by atoms with van der Waals surface area (Å²) in [4.78, 5) is 33.0. The van der Waals surface area contributed by atoms with Gasteiger partial charge in [0.25, 0.3) is 0 Å². The van der Waals surface area contributed by atoms with Crippen LogP contribution in [0.25, 0.3) is 0 Å². The summed E-state index contributed by atoms with van der Waals surface area (Å²) in [5.74, 6) is -3.34. The van der Waals surface area contributed by atoms with Gasteiger partial charge in [-0.3, -0.25) is 9.59 Å². The molecule has 0 spiro atoms. The second-order valence-electron chi connectivity index (χ2n) is 4.46. The Balaban J connectivity index is 2.55. The lowest BCUT2D eigenvalue weighted by Gasteiger charge is -2.12. The van der Waals surface area contributed by atoms with Crippen LogP contribution in [0.2, 0.25) is 0 Å². The lowest BCUT2D eigenvalue weighted by atomic mass is 10.2. The van der Waals surface area contributed by atoms with E-state index in [0.717, 1.165) is 11.8 Å². The average molecular weight is 316 g/mol. The van der Waals surface area contributed by atoms with E-state index in [4.69, 9.17) is 10.2 Å². The van der Waals surface area contributed by atoms with Gasteiger partial charge in [0.1, 0.15) is 12.4 Å². The van der Waals surface area contributed by atoms with Crippen molar-refractivity contribution in [1.29, 1.82) is 0 Å². The molecule has 0 radical (unpaired) electrons. The van der Waals surface area contributed by atoms with Crippen molar-refractivity contribution in [1.82, 2.24) is 20.1 Å². The zero-order valence-corrected chi connectivity index (χ0v) is 12.3. The number of amides is 1. The summed E-state index contributed by atoms with van der Waals surface area (Å²) in [5.41, 5.74) is 0. The predicted molar refractivity (Wildman–Crippen MR) is 73.0 cm³/mol. The van der Waals surface area contributed by atoms with Gasteiger partial charge in [-0.05, 0) is 13.8 Å². The molecule has 1 aromatic heterocycles. The van der Waals surface area contributed by atoms with E-state index in [1.54, 1.807) is 4.57 Å². The fraction of sp³-hybridized carbons (Fsp3) is 0.545. The van der Waals surface area contributed by atoms with Gasteiger partial charge in [-0.2, -0.15) is 0 Å². The number of nitrogens with zero attached hydrogens (tertiary/aromatic N) is 3. The first-order chi connectivity index (χ1) is 9.81. The molecule has 0 unspecified atom stereocenters. The lowest BCUT2D eigenvalue weighted by molar-refractivity contribution is -0.147. The molecule has 0 fully saturated rings. The number of hydrogen-bond donors (Lipinski definition) is 3. The number of carbonyl (C=O) groups excluding carboxylic acids is 1. The van der Waals surface area contributed by atoms with Gasteiger partial charge in [-0.25, -0.2) is 4.79 Å². The monoisotopic (exact) mass is 316 g/mol. The van der Waals surface area contributed by atoms with Crippen LogP contribution in [0.3, 0.4) is 0 Å². The minimum Gasteiger partial charge on any atom is -0.481 e. The van der Waals surface area contributed by atoms with Crippen molar-refractivity contribution in [3.8, 4) is 0 Å². The Morgan fingerprint density at radius 3 is 2.57 bits per heavy atom. The molecule has 0 saturated heterocycles. The van der Waals surface area contributed by atoms with Crippen molar-refractivity contribution in [2.45, 2.75) is 37.5 Å². The molecule has 1 heterocycles. The standard InChI is InChI=1S/C11H16N4O5S/c1-6(2)15-5-12-14-11(15)21-4-8(16)13-7(10(19)20)3-9(17)18/h5-7H,3-4H2,1-2H3,(H,13,16)(H,17,18)(H,19,20)/t7-/m1/s1. The van der Waals surface area contributed by atoms with E-state index in [1.807, 2.05) is 13.8 Å². The molecule has 116 valence electrons. The molecule has 1 amide bonds. The number of carboxylic acid groups (broad SMARTS) is 2. The average Bonchev–Trinajstić information content (AvgIpc) is 2.83. The molecule has 1 aromatic rings. The van der Waals surface area contributed by atoms with Crippen molar-refractivity contribution in [2.24, 2.45) is 0 Å². The van der Waals surface area contributed by atoms with E-state index in [-0.39, 0.29) is 11.8 Å². The Kier molecular flexibility index (Phi) is 6.15. The van der Waals surface area contributed by atoms with E-state index < -0.39 is 30.3 Å². The van der Waals surface area contributed by atoms with Crippen LogP contribution in [-0.4, -0.2) is 54.6 Å². The molecule has 0 aliphatic heterocycles. The highest BCUT2D eigenvalue weighted by molar-refractivity contribution is 7.99. The van der Waals surface area contributed by atoms with E-state index in [1.165, 1.54) is 6.33 Å². The van der Waals surface area contributed by atoms with Gasteiger partial charge in [-0.15, -0.1) is 10.2 Å². The van der Waals surface area contributed by atoms with E-state index in [9.17, 15) is 14.4 Å². The zero-order valence-electron chi connectivity index (χ0n) is 11.5. The fourth-order valence-electron chi connectivity index (χ4n) is 1.43. The number of rotatable bonds is 8. The van der Waals surface area contributed by atoms with Crippen LogP contribution in [0.4, 0.5) is 0 Å². The minimum absolute atomic E-state index is 0.0746. The highest BCUT2D eigenvalue weighted by Gasteiger charge is 2.23. The SMILES string of the molecule is CC(C)n1cnnc1SCC(=O)N[C@H](CC(=O)O)C(=O)O. The van der Waals surface area contributed by atoms with E-state index in [0.29, 0.717) is 5.16 Å². The van der Waals surface area contributed by atoms with E-state index in [2.05, 4.69) is 15.5 Å². The smallest absolute Gasteiger partial charge is 0.326 e. The van der Waals surface area contributed by atoms with Gasteiger partial charge in [-0.1, -0.05) is 11.8 Å². The quantitative estimate of drug-likeness (QED) is 0.570. The molecule has 0 saturated carbocycles. The molecule has 3 N–H and O–H groups in total. The first-order valence-electron chi connectivity index (χ1n) is 6.07. The third kappa shape index (κ3) is 5.42. The number of thioether (sulfide) groups is 1. The van der Waals surface area contributed by atoms with Crippen LogP contribution in [0.15, 0.2) is 11.5 Å². The maximum Gasteiger partial charge on any atom is 0.326 e.